The Morgan fingerprint density at radius 3 is 2.31 bits per heavy atom. The fraction of sp³-hybridized carbons (Fsp3) is 0.125. The number of hydrogen-bond donors (Lipinski definition) is 2. The Hall–Kier alpha value is -4.38. The minimum Gasteiger partial charge on any atom is -0.497 e. The van der Waals surface area contributed by atoms with Crippen LogP contribution < -0.4 is 20.2 Å². The van der Waals surface area contributed by atoms with Gasteiger partial charge in [-0.05, 0) is 30.3 Å². The molecule has 0 bridgehead atoms. The second-order valence-corrected chi connectivity index (χ2v) is 8.14. The lowest BCUT2D eigenvalue weighted by molar-refractivity contribution is -0.384. The monoisotopic (exact) mass is 494 g/mol. The minimum atomic E-state index is -0.519. The average molecular weight is 495 g/mol. The molecule has 2 amide bonds. The molecule has 0 unspecified atom stereocenters. The van der Waals surface area contributed by atoms with E-state index in [1.165, 1.54) is 63.4 Å². The predicted molar refractivity (Wildman–Crippen MR) is 133 cm³/mol. The van der Waals surface area contributed by atoms with Crippen molar-refractivity contribution < 1.29 is 24.0 Å². The van der Waals surface area contributed by atoms with Crippen LogP contribution in [0.5, 0.6) is 11.5 Å². The number of nitro groups is 1. The third kappa shape index (κ3) is 6.81. The van der Waals surface area contributed by atoms with Crippen LogP contribution in [0.4, 0.5) is 11.4 Å². The summed E-state index contributed by atoms with van der Waals surface area (Å²) in [6.45, 7) is 1.41. The predicted octanol–water partition coefficient (Wildman–Crippen LogP) is 4.49. The summed E-state index contributed by atoms with van der Waals surface area (Å²) < 4.78 is 10.3. The van der Waals surface area contributed by atoms with Crippen molar-refractivity contribution in [2.24, 2.45) is 5.10 Å². The maximum atomic E-state index is 12.6. The van der Waals surface area contributed by atoms with E-state index < -0.39 is 10.8 Å². The van der Waals surface area contributed by atoms with Gasteiger partial charge in [-0.1, -0.05) is 23.9 Å². The Kier molecular flexibility index (Phi) is 8.41. The zero-order valence-corrected chi connectivity index (χ0v) is 19.9. The van der Waals surface area contributed by atoms with E-state index in [-0.39, 0.29) is 17.2 Å². The van der Waals surface area contributed by atoms with E-state index in [0.29, 0.717) is 27.6 Å². The Morgan fingerprint density at radius 1 is 1.00 bits per heavy atom. The third-order valence-corrected chi connectivity index (χ3v) is 5.77. The molecule has 35 heavy (non-hydrogen) atoms. The van der Waals surface area contributed by atoms with Gasteiger partial charge >= 0.3 is 0 Å². The van der Waals surface area contributed by atoms with Crippen molar-refractivity contribution >= 4 is 41.2 Å². The van der Waals surface area contributed by atoms with Crippen molar-refractivity contribution in [3.63, 3.8) is 0 Å². The van der Waals surface area contributed by atoms with Crippen LogP contribution in [0.3, 0.4) is 0 Å². The van der Waals surface area contributed by atoms with Gasteiger partial charge in [0.05, 0.1) is 31.0 Å². The number of non-ortho nitro benzene ring substituents is 1. The number of nitro benzene ring substituents is 1. The number of benzene rings is 3. The zero-order valence-electron chi connectivity index (χ0n) is 19.1. The minimum absolute atomic E-state index is 0.130. The number of ether oxygens (including phenoxy) is 2. The van der Waals surface area contributed by atoms with E-state index in [1.54, 1.807) is 24.3 Å². The molecule has 0 radical (unpaired) electrons. The molecule has 180 valence electrons. The molecule has 0 aliphatic heterocycles. The van der Waals surface area contributed by atoms with Crippen LogP contribution >= 0.6 is 11.8 Å². The molecule has 0 spiro atoms. The Balaban J connectivity index is 1.87. The van der Waals surface area contributed by atoms with Crippen LogP contribution in [0.1, 0.15) is 22.8 Å². The number of amides is 2. The van der Waals surface area contributed by atoms with Crippen LogP contribution in [-0.4, -0.2) is 37.2 Å². The number of nitrogens with zero attached hydrogens (tertiary/aromatic N) is 2. The van der Waals surface area contributed by atoms with Crippen molar-refractivity contribution in [3.05, 3.63) is 81.9 Å². The number of hydrazone groups is 1. The summed E-state index contributed by atoms with van der Waals surface area (Å²) in [6.07, 6.45) is 1.33. The van der Waals surface area contributed by atoms with Gasteiger partial charge in [0, 0.05) is 46.0 Å². The Bertz CT molecular complexity index is 1270. The Morgan fingerprint density at radius 2 is 1.69 bits per heavy atom. The molecule has 3 aromatic rings. The topological polar surface area (TPSA) is 132 Å². The summed E-state index contributed by atoms with van der Waals surface area (Å²) >= 11 is 1.29. The quantitative estimate of drug-likeness (QED) is 0.254. The molecule has 0 aliphatic rings. The molecule has 0 fully saturated rings. The standard InChI is InChI=1S/C24H22N4O6S/c1-15(29)26-21-6-4-5-7-23(21)35-22-9-8-18(28(31)32)10-17(22)14-25-27-24(30)16-11-19(33-2)13-20(12-16)34-3/h4-14H,1-3H3,(H,26,29)(H,27,30). The number of nitrogens with one attached hydrogen (secondary N) is 2. The fourth-order valence-corrected chi connectivity index (χ4v) is 3.95. The van der Waals surface area contributed by atoms with Crippen molar-refractivity contribution in [1.82, 2.24) is 5.43 Å². The van der Waals surface area contributed by atoms with Gasteiger partial charge in [0.1, 0.15) is 11.5 Å². The molecule has 0 aromatic heterocycles. The maximum Gasteiger partial charge on any atom is 0.271 e. The number of carbonyl (C=O) groups is 2. The summed E-state index contributed by atoms with van der Waals surface area (Å²) in [6, 6.07) is 16.2. The van der Waals surface area contributed by atoms with Gasteiger partial charge in [-0.2, -0.15) is 5.10 Å². The van der Waals surface area contributed by atoms with Gasteiger partial charge in [-0.15, -0.1) is 0 Å². The fourth-order valence-electron chi connectivity index (χ4n) is 2.97. The maximum absolute atomic E-state index is 12.6. The Labute approximate surface area is 205 Å². The summed E-state index contributed by atoms with van der Waals surface area (Å²) in [4.78, 5) is 36.3. The average Bonchev–Trinajstić information content (AvgIpc) is 2.85. The summed E-state index contributed by atoms with van der Waals surface area (Å²) in [5, 5.41) is 18.0. The number of carbonyl (C=O) groups excluding carboxylic acids is 2. The van der Waals surface area contributed by atoms with Crippen molar-refractivity contribution in [3.8, 4) is 11.5 Å². The third-order valence-electron chi connectivity index (χ3n) is 4.61. The van der Waals surface area contributed by atoms with E-state index in [1.807, 2.05) is 12.1 Å². The lowest BCUT2D eigenvalue weighted by atomic mass is 10.2. The lowest BCUT2D eigenvalue weighted by Crippen LogP contribution is -2.17. The van der Waals surface area contributed by atoms with Gasteiger partial charge in [-0.3, -0.25) is 19.7 Å². The molecule has 0 heterocycles. The molecule has 3 aromatic carbocycles. The van der Waals surface area contributed by atoms with Gasteiger partial charge in [0.2, 0.25) is 5.91 Å². The lowest BCUT2D eigenvalue weighted by Gasteiger charge is -2.11. The van der Waals surface area contributed by atoms with Crippen LogP contribution in [0.15, 0.2) is 75.6 Å². The first kappa shape index (κ1) is 25.2. The molecule has 2 N–H and O–H groups in total. The SMILES string of the molecule is COc1cc(OC)cc(C(=O)NN=Cc2cc([N+](=O)[O-])ccc2Sc2ccccc2NC(C)=O)c1. The van der Waals surface area contributed by atoms with Gasteiger partial charge in [0.25, 0.3) is 11.6 Å². The van der Waals surface area contributed by atoms with E-state index in [2.05, 4.69) is 15.8 Å². The molecule has 3 rings (SSSR count). The molecule has 0 saturated heterocycles. The highest BCUT2D eigenvalue weighted by molar-refractivity contribution is 7.99. The number of methoxy groups -OCH3 is 2. The van der Waals surface area contributed by atoms with Gasteiger partial charge in [0.15, 0.2) is 0 Å². The molecular weight excluding hydrogens is 472 g/mol. The van der Waals surface area contributed by atoms with Gasteiger partial charge < -0.3 is 14.8 Å². The highest BCUT2D eigenvalue weighted by Crippen LogP contribution is 2.36. The van der Waals surface area contributed by atoms with Crippen LogP contribution in [0, 0.1) is 10.1 Å². The number of rotatable bonds is 9. The smallest absolute Gasteiger partial charge is 0.271 e. The van der Waals surface area contributed by atoms with Gasteiger partial charge in [-0.25, -0.2) is 5.43 Å². The second-order valence-electron chi connectivity index (χ2n) is 7.06. The normalized spacial score (nSPS) is 10.6. The largest absolute Gasteiger partial charge is 0.497 e. The number of anilines is 1. The van der Waals surface area contributed by atoms with Crippen LogP contribution in [-0.2, 0) is 4.79 Å². The van der Waals surface area contributed by atoms with Crippen molar-refractivity contribution in [1.29, 1.82) is 0 Å². The molecule has 0 atom stereocenters. The van der Waals surface area contributed by atoms with E-state index in [9.17, 15) is 19.7 Å². The number of hydrogen-bond acceptors (Lipinski definition) is 8. The van der Waals surface area contributed by atoms with Crippen molar-refractivity contribution in [2.45, 2.75) is 16.7 Å². The molecule has 0 aliphatic carbocycles. The first-order valence-corrected chi connectivity index (χ1v) is 11.0. The number of para-hydroxylation sites is 1. The summed E-state index contributed by atoms with van der Waals surface area (Å²) in [7, 11) is 2.94. The molecule has 0 saturated carbocycles. The molecule has 11 heteroatoms. The highest BCUT2D eigenvalue weighted by Gasteiger charge is 2.14. The zero-order chi connectivity index (χ0) is 25.4. The highest BCUT2D eigenvalue weighted by atomic mass is 32.2. The molecular formula is C24H22N4O6S. The van der Waals surface area contributed by atoms with E-state index >= 15 is 0 Å². The molecule has 10 nitrogen and oxygen atoms in total. The van der Waals surface area contributed by atoms with Crippen molar-refractivity contribution in [2.75, 3.05) is 19.5 Å². The van der Waals surface area contributed by atoms with E-state index in [4.69, 9.17) is 9.47 Å². The van der Waals surface area contributed by atoms with E-state index in [0.717, 1.165) is 4.90 Å². The first-order chi connectivity index (χ1) is 16.8. The summed E-state index contributed by atoms with van der Waals surface area (Å²) in [5.74, 6) is 0.136. The van der Waals surface area contributed by atoms with Crippen LogP contribution in [0.2, 0.25) is 0 Å². The van der Waals surface area contributed by atoms with Crippen LogP contribution in [0.25, 0.3) is 0 Å². The first-order valence-electron chi connectivity index (χ1n) is 10.2. The second kappa shape index (κ2) is 11.7. The summed E-state index contributed by atoms with van der Waals surface area (Å²) in [5.41, 5.74) is 3.55.